The summed E-state index contributed by atoms with van der Waals surface area (Å²) in [4.78, 5) is 20.8. The van der Waals surface area contributed by atoms with E-state index in [9.17, 15) is 20.2 Å². The van der Waals surface area contributed by atoms with Crippen LogP contribution < -0.4 is 10.1 Å². The minimum atomic E-state index is -1.03. The van der Waals surface area contributed by atoms with Gasteiger partial charge in [0.25, 0.3) is 5.88 Å². The first kappa shape index (κ1) is 15.0. The smallest absolute Gasteiger partial charge is 0.319 e. The highest BCUT2D eigenvalue weighted by atomic mass is 35.5. The summed E-state index contributed by atoms with van der Waals surface area (Å²) < 4.78 is 5.45. The molecule has 0 aromatic heterocycles. The molecule has 8 nitrogen and oxygen atoms in total. The third kappa shape index (κ3) is 2.75. The highest BCUT2D eigenvalue weighted by Crippen LogP contribution is 2.41. The Bertz CT molecular complexity index is 659. The number of ether oxygens (including phenoxy) is 1. The molecular formula is C12H12ClN3O5. The summed E-state index contributed by atoms with van der Waals surface area (Å²) in [5.41, 5.74) is 0.685. The number of nitrogens with one attached hydrogen (secondary N) is 1. The van der Waals surface area contributed by atoms with Crippen molar-refractivity contribution in [2.75, 3.05) is 13.6 Å². The van der Waals surface area contributed by atoms with Gasteiger partial charge in [0, 0.05) is 22.6 Å². The van der Waals surface area contributed by atoms with Crippen LogP contribution in [0.4, 0.5) is 0 Å². The zero-order valence-corrected chi connectivity index (χ0v) is 12.0. The van der Waals surface area contributed by atoms with E-state index in [0.29, 0.717) is 16.3 Å². The lowest BCUT2D eigenvalue weighted by Crippen LogP contribution is -2.30. The lowest BCUT2D eigenvalue weighted by atomic mass is 9.92. The van der Waals surface area contributed by atoms with Crippen LogP contribution in [0.15, 0.2) is 23.7 Å². The fourth-order valence-corrected chi connectivity index (χ4v) is 2.39. The van der Waals surface area contributed by atoms with Gasteiger partial charge in [-0.15, -0.1) is 0 Å². The van der Waals surface area contributed by atoms with E-state index in [2.05, 4.69) is 5.32 Å². The number of halogens is 1. The summed E-state index contributed by atoms with van der Waals surface area (Å²) in [5.74, 6) is -0.793. The number of rotatable bonds is 4. The lowest BCUT2D eigenvalue weighted by molar-refractivity contribution is -0.495. The number of fused-ring (bicyclic) bond motifs is 1. The van der Waals surface area contributed by atoms with E-state index in [0.717, 1.165) is 5.56 Å². The monoisotopic (exact) mass is 313 g/mol. The van der Waals surface area contributed by atoms with Crippen molar-refractivity contribution in [3.05, 3.63) is 60.1 Å². The van der Waals surface area contributed by atoms with E-state index < -0.39 is 22.3 Å². The van der Waals surface area contributed by atoms with Gasteiger partial charge >= 0.3 is 5.70 Å². The van der Waals surface area contributed by atoms with Crippen LogP contribution in [0.25, 0.3) is 0 Å². The predicted molar refractivity (Wildman–Crippen MR) is 74.5 cm³/mol. The van der Waals surface area contributed by atoms with Gasteiger partial charge in [0.15, 0.2) is 0 Å². The standard InChI is InChI=1S/C12H12ClN3O5/c1-6-3-10-7(4-9(6)13)8(5-15(17)18)11(16(19)20)12(14-2)21-10/h3-4,8,14H,5H2,1-2H3. The first-order valence-electron chi connectivity index (χ1n) is 6.01. The fraction of sp³-hybridized carbons (Fsp3) is 0.333. The predicted octanol–water partition coefficient (Wildman–Crippen LogP) is 2.07. The van der Waals surface area contributed by atoms with Crippen molar-refractivity contribution < 1.29 is 14.6 Å². The van der Waals surface area contributed by atoms with Gasteiger partial charge < -0.3 is 10.1 Å². The van der Waals surface area contributed by atoms with Crippen LogP contribution >= 0.6 is 11.6 Å². The summed E-state index contributed by atoms with van der Waals surface area (Å²) in [7, 11) is 1.45. The molecule has 1 aliphatic heterocycles. The first-order valence-corrected chi connectivity index (χ1v) is 6.39. The molecular weight excluding hydrogens is 302 g/mol. The SMILES string of the molecule is CNC1=C([N+](=O)[O-])C(C[N+](=O)[O-])c2cc(Cl)c(C)cc2O1. The summed E-state index contributed by atoms with van der Waals surface area (Å²) in [5, 5.41) is 25.1. The molecule has 0 amide bonds. The van der Waals surface area contributed by atoms with Crippen molar-refractivity contribution in [2.24, 2.45) is 0 Å². The van der Waals surface area contributed by atoms with Crippen LogP contribution in [0.2, 0.25) is 5.02 Å². The van der Waals surface area contributed by atoms with Gasteiger partial charge in [-0.1, -0.05) is 11.6 Å². The molecule has 1 N–H and O–H groups in total. The van der Waals surface area contributed by atoms with E-state index >= 15 is 0 Å². The van der Waals surface area contributed by atoms with Crippen LogP contribution in [-0.4, -0.2) is 23.4 Å². The van der Waals surface area contributed by atoms with E-state index in [1.54, 1.807) is 13.0 Å². The normalized spacial score (nSPS) is 17.0. The Balaban J connectivity index is 2.64. The largest absolute Gasteiger partial charge is 0.435 e. The molecule has 112 valence electrons. The van der Waals surface area contributed by atoms with Crippen LogP contribution in [0.1, 0.15) is 17.0 Å². The van der Waals surface area contributed by atoms with E-state index in [-0.39, 0.29) is 11.6 Å². The summed E-state index contributed by atoms with van der Waals surface area (Å²) in [6.45, 7) is 1.14. The Morgan fingerprint density at radius 2 is 2.05 bits per heavy atom. The molecule has 0 fully saturated rings. The van der Waals surface area contributed by atoms with Gasteiger partial charge in [-0.05, 0) is 24.6 Å². The molecule has 0 aliphatic carbocycles. The summed E-state index contributed by atoms with van der Waals surface area (Å²) in [6.07, 6.45) is 0. The molecule has 0 saturated carbocycles. The van der Waals surface area contributed by atoms with Gasteiger partial charge in [0.05, 0.1) is 4.92 Å². The van der Waals surface area contributed by atoms with Gasteiger partial charge in [0.1, 0.15) is 11.7 Å². The van der Waals surface area contributed by atoms with E-state index in [1.807, 2.05) is 0 Å². The van der Waals surface area contributed by atoms with Crippen molar-refractivity contribution in [1.82, 2.24) is 5.32 Å². The molecule has 9 heteroatoms. The van der Waals surface area contributed by atoms with Crippen LogP contribution in [0.3, 0.4) is 0 Å². The molecule has 1 aliphatic rings. The van der Waals surface area contributed by atoms with Crippen molar-refractivity contribution in [2.45, 2.75) is 12.8 Å². The van der Waals surface area contributed by atoms with Crippen molar-refractivity contribution in [1.29, 1.82) is 0 Å². The van der Waals surface area contributed by atoms with Gasteiger partial charge in [-0.2, -0.15) is 0 Å². The second-order valence-corrected chi connectivity index (χ2v) is 4.94. The number of hydrogen-bond acceptors (Lipinski definition) is 6. The molecule has 1 heterocycles. The number of nitro groups is 2. The Morgan fingerprint density at radius 1 is 1.38 bits per heavy atom. The summed E-state index contributed by atoms with van der Waals surface area (Å²) in [6, 6.07) is 3.09. The average molecular weight is 314 g/mol. The zero-order chi connectivity index (χ0) is 15.7. The molecule has 1 unspecified atom stereocenters. The molecule has 21 heavy (non-hydrogen) atoms. The summed E-state index contributed by atoms with van der Waals surface area (Å²) >= 11 is 6.02. The third-order valence-electron chi connectivity index (χ3n) is 3.20. The second kappa shape index (κ2) is 5.57. The quantitative estimate of drug-likeness (QED) is 0.673. The average Bonchev–Trinajstić information content (AvgIpc) is 2.39. The maximum absolute atomic E-state index is 11.2. The molecule has 0 saturated heterocycles. The minimum absolute atomic E-state index is 0.0962. The Labute approximate surface area is 124 Å². The fourth-order valence-electron chi connectivity index (χ4n) is 2.22. The third-order valence-corrected chi connectivity index (χ3v) is 3.60. The number of benzene rings is 1. The van der Waals surface area contributed by atoms with Crippen LogP contribution in [0.5, 0.6) is 5.75 Å². The Kier molecular flexibility index (Phi) is 3.99. The Morgan fingerprint density at radius 3 is 2.57 bits per heavy atom. The molecule has 0 radical (unpaired) electrons. The van der Waals surface area contributed by atoms with E-state index in [4.69, 9.17) is 16.3 Å². The van der Waals surface area contributed by atoms with E-state index in [1.165, 1.54) is 13.1 Å². The number of hydrogen-bond donors (Lipinski definition) is 1. The van der Waals surface area contributed by atoms with Crippen molar-refractivity contribution >= 4 is 11.6 Å². The molecule has 1 atom stereocenters. The van der Waals surface area contributed by atoms with Gasteiger partial charge in [0.2, 0.25) is 6.54 Å². The molecule has 2 rings (SSSR count). The maximum atomic E-state index is 11.2. The van der Waals surface area contributed by atoms with Crippen molar-refractivity contribution in [3.63, 3.8) is 0 Å². The van der Waals surface area contributed by atoms with Crippen LogP contribution in [0, 0.1) is 27.2 Å². The number of nitrogens with zero attached hydrogens (tertiary/aromatic N) is 2. The first-order chi connectivity index (χ1) is 9.85. The topological polar surface area (TPSA) is 108 Å². The second-order valence-electron chi connectivity index (χ2n) is 4.53. The van der Waals surface area contributed by atoms with Crippen molar-refractivity contribution in [3.8, 4) is 5.75 Å². The molecule has 0 bridgehead atoms. The maximum Gasteiger partial charge on any atom is 0.319 e. The highest BCUT2D eigenvalue weighted by molar-refractivity contribution is 6.31. The molecule has 1 aromatic carbocycles. The molecule has 1 aromatic rings. The van der Waals surface area contributed by atoms with Gasteiger partial charge in [-0.25, -0.2) is 0 Å². The lowest BCUT2D eigenvalue weighted by Gasteiger charge is -2.24. The Hall–Kier alpha value is -2.35. The van der Waals surface area contributed by atoms with Gasteiger partial charge in [-0.3, -0.25) is 20.2 Å². The molecule has 0 spiro atoms. The highest BCUT2D eigenvalue weighted by Gasteiger charge is 2.41. The van der Waals surface area contributed by atoms with Crippen LogP contribution in [-0.2, 0) is 0 Å². The number of aryl methyl sites for hydroxylation is 1. The zero-order valence-electron chi connectivity index (χ0n) is 11.3. The minimum Gasteiger partial charge on any atom is -0.435 e.